The van der Waals surface area contributed by atoms with Crippen molar-refractivity contribution in [2.75, 3.05) is 7.05 Å². The van der Waals surface area contributed by atoms with Crippen molar-refractivity contribution < 1.29 is 70.1 Å². The fraction of sp³-hybridized carbons (Fsp3) is 0.391. The molecule has 1 amide bonds. The van der Waals surface area contributed by atoms with Crippen LogP contribution < -0.4 is 16.8 Å². The summed E-state index contributed by atoms with van der Waals surface area (Å²) < 4.78 is 187. The highest BCUT2D eigenvalue weighted by Gasteiger charge is 2.86. The van der Waals surface area contributed by atoms with Crippen molar-refractivity contribution >= 4 is 45.2 Å². The van der Waals surface area contributed by atoms with Gasteiger partial charge >= 0.3 is 39.6 Å². The van der Waals surface area contributed by atoms with Crippen LogP contribution in [-0.2, 0) is 14.3 Å². The summed E-state index contributed by atoms with van der Waals surface area (Å²) >= 11 is 6.02. The molecule has 5 N–H and O–H groups in total. The average molecular weight is 737 g/mol. The van der Waals surface area contributed by atoms with Gasteiger partial charge in [-0.25, -0.2) is 4.99 Å². The highest BCUT2D eigenvalue weighted by Crippen LogP contribution is 2.55. The second-order valence-electron chi connectivity index (χ2n) is 9.21. The third kappa shape index (κ3) is 7.53. The van der Waals surface area contributed by atoms with E-state index >= 15 is 0 Å². The number of amidine groups is 1. The lowest BCUT2D eigenvalue weighted by atomic mass is 10.0. The zero-order chi connectivity index (χ0) is 36.6. The maximum Gasteiger partial charge on any atom is 0.460 e. The summed E-state index contributed by atoms with van der Waals surface area (Å²) in [6.07, 6.45) is -11.7. The predicted molar refractivity (Wildman–Crippen MR) is 139 cm³/mol. The van der Waals surface area contributed by atoms with E-state index < -0.39 is 68.3 Å². The fourth-order valence-corrected chi connectivity index (χ4v) is 4.31. The monoisotopic (exact) mass is 736 g/mol. The van der Waals surface area contributed by atoms with Crippen molar-refractivity contribution in [3.8, 4) is 6.07 Å². The summed E-state index contributed by atoms with van der Waals surface area (Å²) in [6, 6.07) is 5.21. The van der Waals surface area contributed by atoms with Crippen LogP contribution in [0.1, 0.15) is 28.8 Å². The number of rotatable bonds is 10. The molecule has 0 radical (unpaired) electrons. The Hall–Kier alpha value is -4.20. The topological polar surface area (TPSA) is 173 Å². The molecule has 1 saturated carbocycles. The van der Waals surface area contributed by atoms with E-state index in [0.29, 0.717) is 32.3 Å². The molecule has 47 heavy (non-hydrogen) atoms. The Morgan fingerprint density at radius 3 is 2.04 bits per heavy atom. The van der Waals surface area contributed by atoms with Gasteiger partial charge in [-0.1, -0.05) is 17.7 Å². The summed E-state index contributed by atoms with van der Waals surface area (Å²) in [5.74, 6) is -21.0. The normalized spacial score (nSPS) is 17.2. The number of allylic oxidation sites excluding steroid dienone is 1. The van der Waals surface area contributed by atoms with Gasteiger partial charge in [-0.3, -0.25) is 9.79 Å². The second kappa shape index (κ2) is 12.8. The molecule has 260 valence electrons. The van der Waals surface area contributed by atoms with Crippen molar-refractivity contribution in [2.45, 2.75) is 47.8 Å². The molecule has 1 aliphatic rings. The van der Waals surface area contributed by atoms with Gasteiger partial charge in [0.1, 0.15) is 5.54 Å². The Kier molecular flexibility index (Phi) is 10.6. The van der Waals surface area contributed by atoms with Gasteiger partial charge < -0.3 is 21.0 Å². The zero-order valence-electron chi connectivity index (χ0n) is 22.8. The van der Waals surface area contributed by atoms with E-state index in [9.17, 15) is 65.9 Å². The number of nitriles is 1. The highest BCUT2D eigenvalue weighted by molar-refractivity contribution is 7.88. The Morgan fingerprint density at radius 2 is 1.62 bits per heavy atom. The average Bonchev–Trinajstić information content (AvgIpc) is 3.70. The zero-order valence-corrected chi connectivity index (χ0v) is 24.3. The maximum absolute atomic E-state index is 14.0. The van der Waals surface area contributed by atoms with Crippen LogP contribution in [-0.4, -0.2) is 68.4 Å². The number of halogens is 13. The Balaban J connectivity index is 2.55. The molecule has 0 unspecified atom stereocenters. The molecule has 0 heterocycles. The SMILES string of the molecule is CN=C(N=CC(=CN)c1ccc(Cl)c(C(=O)NC2(C#N)CC2)c1)C(=C(N)OS(=O)(=O)C(F)(F)C(F)(F)C(F)(F)C(F)(F)F)C(F)(F)F. The molecule has 0 aliphatic heterocycles. The first-order valence-electron chi connectivity index (χ1n) is 11.8. The van der Waals surface area contributed by atoms with Crippen LogP contribution in [0.2, 0.25) is 5.02 Å². The number of hydrogen-bond donors (Lipinski definition) is 3. The molecule has 0 saturated heterocycles. The quantitative estimate of drug-likeness (QED) is 0.0994. The molecule has 2 rings (SSSR count). The number of hydrogen-bond acceptors (Lipinski definition) is 8. The molecule has 1 fully saturated rings. The molecule has 0 spiro atoms. The van der Waals surface area contributed by atoms with Gasteiger partial charge in [0.05, 0.1) is 16.7 Å². The molecule has 0 aromatic heterocycles. The minimum Gasteiger partial charge on any atom is -0.404 e. The number of benzene rings is 1. The van der Waals surface area contributed by atoms with Crippen molar-refractivity contribution in [1.82, 2.24) is 5.32 Å². The summed E-state index contributed by atoms with van der Waals surface area (Å²) in [6.45, 7) is 0. The van der Waals surface area contributed by atoms with Crippen LogP contribution >= 0.6 is 11.6 Å². The second-order valence-corrected chi connectivity index (χ2v) is 11.2. The van der Waals surface area contributed by atoms with E-state index in [0.717, 1.165) is 18.2 Å². The summed E-state index contributed by atoms with van der Waals surface area (Å²) in [7, 11) is -7.35. The van der Waals surface area contributed by atoms with E-state index in [1.807, 2.05) is 6.07 Å². The maximum atomic E-state index is 14.0. The third-order valence-electron chi connectivity index (χ3n) is 5.96. The molecule has 1 aliphatic carbocycles. The van der Waals surface area contributed by atoms with Crippen LogP contribution in [0.3, 0.4) is 0 Å². The molecule has 0 bridgehead atoms. The number of alkyl halides is 12. The number of carbonyl (C=O) groups is 1. The van der Waals surface area contributed by atoms with E-state index in [1.54, 1.807) is 0 Å². The van der Waals surface area contributed by atoms with E-state index in [1.165, 1.54) is 0 Å². The van der Waals surface area contributed by atoms with Crippen LogP contribution in [0.25, 0.3) is 5.57 Å². The van der Waals surface area contributed by atoms with Gasteiger partial charge in [0.15, 0.2) is 11.4 Å². The first-order valence-corrected chi connectivity index (χ1v) is 13.6. The molecular formula is C23H17ClF12N6O4S. The smallest absolute Gasteiger partial charge is 0.404 e. The summed E-state index contributed by atoms with van der Waals surface area (Å²) in [4.78, 5) is 18.9. The van der Waals surface area contributed by atoms with Crippen molar-refractivity contribution in [2.24, 2.45) is 21.5 Å². The first-order chi connectivity index (χ1) is 21.2. The summed E-state index contributed by atoms with van der Waals surface area (Å²) in [5, 5.41) is 3.89. The van der Waals surface area contributed by atoms with Gasteiger partial charge in [0.25, 0.3) is 5.91 Å². The number of carbonyl (C=O) groups excluding carboxylic acids is 1. The largest absolute Gasteiger partial charge is 0.460 e. The van der Waals surface area contributed by atoms with E-state index in [4.69, 9.17) is 28.3 Å². The number of nitrogens with two attached hydrogens (primary N) is 2. The standard InChI is InChI=1S/C23H17ClF12N6O4S/c1-40-16(41-8-11(7-37)10-2-3-13(24)12(6-10)17(43)42-18(9-38)4-5-18)14(19(25,26)27)15(39)46-47(44,45)23(35,36)21(30,31)20(28,29)22(32,33)34/h2-3,6-8H,4-5,37,39H2,1H3,(H,42,43). The van der Waals surface area contributed by atoms with Gasteiger partial charge in [-0.2, -0.15) is 66.4 Å². The number of nitrogens with one attached hydrogen (secondary N) is 1. The molecular weight excluding hydrogens is 720 g/mol. The molecule has 0 atom stereocenters. The fourth-order valence-electron chi connectivity index (χ4n) is 3.24. The predicted octanol–water partition coefficient (Wildman–Crippen LogP) is 5.03. The van der Waals surface area contributed by atoms with Gasteiger partial charge in [0, 0.05) is 25.0 Å². The molecule has 24 heteroatoms. The number of amides is 1. The Morgan fingerprint density at radius 1 is 1.06 bits per heavy atom. The van der Waals surface area contributed by atoms with Crippen molar-refractivity contribution in [1.29, 1.82) is 5.26 Å². The third-order valence-corrected chi connectivity index (χ3v) is 7.57. The van der Waals surface area contributed by atoms with Crippen molar-refractivity contribution in [3.63, 3.8) is 0 Å². The molecule has 10 nitrogen and oxygen atoms in total. The van der Waals surface area contributed by atoms with Crippen LogP contribution in [0.4, 0.5) is 52.7 Å². The van der Waals surface area contributed by atoms with Gasteiger partial charge in [0.2, 0.25) is 5.88 Å². The lowest BCUT2D eigenvalue weighted by molar-refractivity contribution is -0.382. The van der Waals surface area contributed by atoms with Gasteiger partial charge in [-0.15, -0.1) is 0 Å². The van der Waals surface area contributed by atoms with Crippen LogP contribution in [0, 0.1) is 11.3 Å². The number of nitrogens with zero attached hydrogens (tertiary/aromatic N) is 3. The first kappa shape index (κ1) is 39.0. The molecule has 1 aromatic carbocycles. The van der Waals surface area contributed by atoms with E-state index in [2.05, 4.69) is 19.5 Å². The minimum atomic E-state index is -7.87. The van der Waals surface area contributed by atoms with Crippen molar-refractivity contribution in [3.05, 3.63) is 52.0 Å². The van der Waals surface area contributed by atoms with Gasteiger partial charge in [-0.05, 0) is 30.5 Å². The van der Waals surface area contributed by atoms with E-state index in [-0.39, 0.29) is 21.7 Å². The Bertz CT molecular complexity index is 1690. The lowest BCUT2D eigenvalue weighted by Gasteiger charge is -2.32. The lowest BCUT2D eigenvalue weighted by Crippen LogP contribution is -2.63. The summed E-state index contributed by atoms with van der Waals surface area (Å²) in [5.41, 5.74) is 5.68. The highest BCUT2D eigenvalue weighted by atomic mass is 35.5. The Labute approximate surface area is 260 Å². The van der Waals surface area contributed by atoms with Crippen LogP contribution in [0.15, 0.2) is 45.8 Å². The number of aliphatic imine (C=N–C) groups is 2. The molecule has 1 aromatic rings. The van der Waals surface area contributed by atoms with Crippen LogP contribution in [0.5, 0.6) is 0 Å². The minimum absolute atomic E-state index is 0.0973.